The quantitative estimate of drug-likeness (QED) is 0.166. The number of allylic oxidation sites excluding steroid dienone is 7. The molecule has 6 aromatic carbocycles. The molecule has 7 aromatic rings. The number of benzene rings is 6. The third kappa shape index (κ3) is 4.38. The zero-order chi connectivity index (χ0) is 33.8. The third-order valence-corrected chi connectivity index (χ3v) is 10.7. The fourth-order valence-corrected chi connectivity index (χ4v) is 8.61. The number of anilines is 2. The van der Waals surface area contributed by atoms with Gasteiger partial charge >= 0.3 is 0 Å². The molecule has 0 atom stereocenters. The molecule has 0 N–H and O–H groups in total. The first-order chi connectivity index (χ1) is 25.3. The Morgan fingerprint density at radius 1 is 0.608 bits per heavy atom. The van der Waals surface area contributed by atoms with Gasteiger partial charge in [0.05, 0.1) is 22.5 Å². The van der Waals surface area contributed by atoms with Crippen LogP contribution >= 0.6 is 0 Å². The Morgan fingerprint density at radius 3 is 2.06 bits per heavy atom. The number of nitrogens with zero attached hydrogens (tertiary/aromatic N) is 1. The predicted octanol–water partition coefficient (Wildman–Crippen LogP) is 12.6. The Labute approximate surface area is 297 Å². The molecule has 3 aliphatic rings. The minimum atomic E-state index is -0.713. The van der Waals surface area contributed by atoms with E-state index in [1.165, 1.54) is 39.0 Å². The van der Waals surface area contributed by atoms with Gasteiger partial charge in [0, 0.05) is 21.9 Å². The maximum atomic E-state index is 7.12. The molecular formula is C49H33NO. The predicted molar refractivity (Wildman–Crippen MR) is 210 cm³/mol. The van der Waals surface area contributed by atoms with Gasteiger partial charge < -0.3 is 9.32 Å². The van der Waals surface area contributed by atoms with E-state index in [1.807, 2.05) is 6.08 Å². The average molecular weight is 652 g/mol. The molecule has 0 amide bonds. The molecule has 0 saturated carbocycles. The van der Waals surface area contributed by atoms with Crippen LogP contribution in [0.5, 0.6) is 0 Å². The van der Waals surface area contributed by atoms with Crippen LogP contribution in [0.2, 0.25) is 0 Å². The fraction of sp³-hybridized carbons (Fsp3) is 0.0612. The molecule has 1 aromatic heterocycles. The van der Waals surface area contributed by atoms with Crippen molar-refractivity contribution >= 4 is 38.9 Å². The minimum Gasteiger partial charge on any atom is -0.456 e. The molecule has 0 spiro atoms. The minimum absolute atomic E-state index is 0.713. The van der Waals surface area contributed by atoms with Gasteiger partial charge in [-0.25, -0.2) is 0 Å². The van der Waals surface area contributed by atoms with E-state index in [0.29, 0.717) is 0 Å². The van der Waals surface area contributed by atoms with Crippen molar-refractivity contribution in [2.45, 2.75) is 18.3 Å². The Bertz CT molecular complexity index is 2680. The van der Waals surface area contributed by atoms with Crippen molar-refractivity contribution in [1.82, 2.24) is 0 Å². The second kappa shape index (κ2) is 11.8. The van der Waals surface area contributed by atoms with Crippen LogP contribution in [0.25, 0.3) is 38.6 Å². The van der Waals surface area contributed by atoms with Gasteiger partial charge in [-0.05, 0) is 88.4 Å². The van der Waals surface area contributed by atoms with Gasteiger partial charge in [0.15, 0.2) is 0 Å². The highest BCUT2D eigenvalue weighted by molar-refractivity contribution is 6.09. The molecular weight excluding hydrogens is 619 g/mol. The first-order valence-electron chi connectivity index (χ1n) is 17.7. The van der Waals surface area contributed by atoms with E-state index in [0.717, 1.165) is 57.4 Å². The maximum absolute atomic E-state index is 7.12. The number of fused-ring (bicyclic) bond motifs is 6. The molecule has 0 saturated heterocycles. The molecule has 10 rings (SSSR count). The van der Waals surface area contributed by atoms with Gasteiger partial charge in [-0.3, -0.25) is 0 Å². The van der Waals surface area contributed by atoms with Crippen molar-refractivity contribution in [3.05, 3.63) is 221 Å². The lowest BCUT2D eigenvalue weighted by Crippen LogP contribution is -2.31. The van der Waals surface area contributed by atoms with Crippen molar-refractivity contribution in [2.24, 2.45) is 0 Å². The van der Waals surface area contributed by atoms with Crippen molar-refractivity contribution in [2.75, 3.05) is 4.90 Å². The summed E-state index contributed by atoms with van der Waals surface area (Å²) < 4.78 is 7.12. The van der Waals surface area contributed by atoms with Gasteiger partial charge in [0.25, 0.3) is 0 Å². The number of hydrogen-bond donors (Lipinski definition) is 0. The highest BCUT2D eigenvalue weighted by atomic mass is 16.3. The van der Waals surface area contributed by atoms with Crippen LogP contribution in [0.1, 0.15) is 40.7 Å². The highest BCUT2D eigenvalue weighted by Gasteiger charge is 2.49. The van der Waals surface area contributed by atoms with Gasteiger partial charge in [-0.15, -0.1) is 0 Å². The summed E-state index contributed by atoms with van der Waals surface area (Å²) in [6.45, 7) is 0. The lowest BCUT2D eigenvalue weighted by atomic mass is 9.66. The largest absolute Gasteiger partial charge is 0.456 e. The molecule has 1 heterocycles. The lowest BCUT2D eigenvalue weighted by molar-refractivity contribution is 0.648. The monoisotopic (exact) mass is 651 g/mol. The van der Waals surface area contributed by atoms with Crippen molar-refractivity contribution < 1.29 is 4.42 Å². The van der Waals surface area contributed by atoms with Crippen molar-refractivity contribution in [3.63, 3.8) is 0 Å². The second-order valence-corrected chi connectivity index (χ2v) is 13.3. The van der Waals surface area contributed by atoms with E-state index in [-0.39, 0.29) is 0 Å². The first-order valence-corrected chi connectivity index (χ1v) is 17.7. The van der Waals surface area contributed by atoms with Crippen molar-refractivity contribution in [3.8, 4) is 11.1 Å². The standard InChI is InChI=1S/C49H33NO/c1-4-18-34(19-5-1)37-24-12-16-30-44(37)50(36-22-8-3-9-23-36)45-33-32-41-40-27-13-17-31-46(40)51-48(41)47(45)49(35-20-6-2-7-21-35)42-28-14-10-25-38(42)39-26-11-15-29-43(39)49/h1-4,6-8,10-18,20-22,24-33H,5,19H2. The Balaban J connectivity index is 1.42. The maximum Gasteiger partial charge on any atom is 0.142 e. The summed E-state index contributed by atoms with van der Waals surface area (Å²) >= 11 is 0. The third-order valence-electron chi connectivity index (χ3n) is 10.7. The zero-order valence-electron chi connectivity index (χ0n) is 28.0. The van der Waals surface area contributed by atoms with E-state index in [4.69, 9.17) is 4.42 Å². The topological polar surface area (TPSA) is 16.4 Å². The van der Waals surface area contributed by atoms with Crippen LogP contribution in [0.4, 0.5) is 11.4 Å². The summed E-state index contributed by atoms with van der Waals surface area (Å²) in [6, 6.07) is 50.6. The highest BCUT2D eigenvalue weighted by Crippen LogP contribution is 2.60. The summed E-state index contributed by atoms with van der Waals surface area (Å²) in [5, 5.41) is 2.20. The van der Waals surface area contributed by atoms with Crippen LogP contribution < -0.4 is 4.90 Å². The van der Waals surface area contributed by atoms with Gasteiger partial charge in [-0.1, -0.05) is 145 Å². The van der Waals surface area contributed by atoms with E-state index < -0.39 is 5.41 Å². The normalized spacial score (nSPS) is 15.1. The summed E-state index contributed by atoms with van der Waals surface area (Å²) in [5.74, 6) is 0. The van der Waals surface area contributed by atoms with E-state index in [1.54, 1.807) is 0 Å². The summed E-state index contributed by atoms with van der Waals surface area (Å²) in [6.07, 6.45) is 14.8. The molecule has 0 aliphatic heterocycles. The smallest absolute Gasteiger partial charge is 0.142 e. The molecule has 0 bridgehead atoms. The summed E-state index contributed by atoms with van der Waals surface area (Å²) in [4.78, 5) is 2.39. The SMILES string of the molecule is C1=C=C(N(c2ccccc2C2=CC=CCC2)c2ccc3c(oc4ccccc43)c2C2(c3ccccc3)c3ccccc3-c3ccccc32)C=CC=1. The first kappa shape index (κ1) is 29.4. The second-order valence-electron chi connectivity index (χ2n) is 13.3. The average Bonchev–Trinajstić information content (AvgIpc) is 3.73. The number of para-hydroxylation sites is 2. The van der Waals surface area contributed by atoms with Crippen LogP contribution in [-0.2, 0) is 5.41 Å². The fourth-order valence-electron chi connectivity index (χ4n) is 8.61. The molecule has 2 heteroatoms. The molecule has 51 heavy (non-hydrogen) atoms. The molecule has 0 radical (unpaired) electrons. The molecule has 240 valence electrons. The molecule has 2 nitrogen and oxygen atoms in total. The van der Waals surface area contributed by atoms with Crippen LogP contribution in [0, 0.1) is 0 Å². The van der Waals surface area contributed by atoms with Gasteiger partial charge in [-0.2, -0.15) is 0 Å². The van der Waals surface area contributed by atoms with Crippen LogP contribution in [-0.4, -0.2) is 0 Å². The van der Waals surface area contributed by atoms with E-state index in [9.17, 15) is 0 Å². The van der Waals surface area contributed by atoms with E-state index in [2.05, 4.69) is 186 Å². The van der Waals surface area contributed by atoms with Crippen LogP contribution in [0.3, 0.4) is 0 Å². The molecule has 3 aliphatic carbocycles. The molecule has 0 fully saturated rings. The van der Waals surface area contributed by atoms with Gasteiger partial charge in [0.2, 0.25) is 0 Å². The summed E-state index contributed by atoms with van der Waals surface area (Å²) in [7, 11) is 0. The Hall–Kier alpha value is -6.56. The lowest BCUT2D eigenvalue weighted by Gasteiger charge is -2.38. The van der Waals surface area contributed by atoms with Gasteiger partial charge in [0.1, 0.15) is 11.2 Å². The van der Waals surface area contributed by atoms with Crippen molar-refractivity contribution in [1.29, 1.82) is 0 Å². The van der Waals surface area contributed by atoms with Crippen LogP contribution in [0.15, 0.2) is 198 Å². The number of hydrogen-bond acceptors (Lipinski definition) is 2. The Kier molecular flexibility index (Phi) is 6.79. The number of rotatable bonds is 6. The van der Waals surface area contributed by atoms with E-state index >= 15 is 0 Å². The zero-order valence-corrected chi connectivity index (χ0v) is 28.0. The molecule has 0 unspecified atom stereocenters. The number of furan rings is 1. The Morgan fingerprint density at radius 2 is 1.31 bits per heavy atom. The summed E-state index contributed by atoms with van der Waals surface area (Å²) in [5.41, 5.74) is 20.6.